The SMILES string of the molecule is COC(=O)C(C[C@](CO[C@H](C)c1cc(C(F)(F)F)cc(C(F)(F)F)c1)(NC(=O)OC(C)(C)C)c1ccccc1)=NB1CO1. The van der Waals surface area contributed by atoms with Crippen molar-refractivity contribution in [2.45, 2.75) is 63.7 Å². The average Bonchev–Trinajstić information content (AvgIpc) is 3.73. The first kappa shape index (κ1) is 33.9. The molecule has 1 heterocycles. The third-order valence-corrected chi connectivity index (χ3v) is 6.23. The van der Waals surface area contributed by atoms with Gasteiger partial charge in [0.05, 0.1) is 43.0 Å². The Morgan fingerprint density at radius 2 is 1.53 bits per heavy atom. The minimum Gasteiger partial charge on any atom is -0.465 e. The Morgan fingerprint density at radius 1 is 0.977 bits per heavy atom. The number of alkyl carbamates (subject to hydrolysis) is 1. The van der Waals surface area contributed by atoms with Crippen molar-refractivity contribution < 1.29 is 54.8 Å². The predicted octanol–water partition coefficient (Wildman–Crippen LogP) is 6.28. The van der Waals surface area contributed by atoms with Crippen LogP contribution in [0.1, 0.15) is 62.5 Å². The van der Waals surface area contributed by atoms with Crippen LogP contribution >= 0.6 is 0 Å². The monoisotopic (exact) mass is 616 g/mol. The highest BCUT2D eigenvalue weighted by Gasteiger charge is 2.42. The van der Waals surface area contributed by atoms with Gasteiger partial charge in [-0.1, -0.05) is 30.3 Å². The van der Waals surface area contributed by atoms with Crippen LogP contribution in [0, 0.1) is 0 Å². The molecule has 0 aromatic heterocycles. The van der Waals surface area contributed by atoms with Crippen LogP contribution in [0.4, 0.5) is 31.1 Å². The maximum atomic E-state index is 13.5. The lowest BCUT2D eigenvalue weighted by molar-refractivity contribution is -0.143. The van der Waals surface area contributed by atoms with Gasteiger partial charge in [0.25, 0.3) is 0 Å². The Balaban J connectivity index is 2.09. The topological polar surface area (TPSA) is 98.8 Å². The smallest absolute Gasteiger partial charge is 0.459 e. The van der Waals surface area contributed by atoms with Gasteiger partial charge in [0, 0.05) is 6.42 Å². The molecule has 1 aliphatic heterocycles. The number of hydrogen-bond donors (Lipinski definition) is 1. The number of rotatable bonds is 10. The Hall–Kier alpha value is -3.59. The average molecular weight is 616 g/mol. The number of nitrogens with zero attached hydrogens (tertiary/aromatic N) is 1. The van der Waals surface area contributed by atoms with E-state index in [2.05, 4.69) is 10.2 Å². The molecule has 0 aliphatic carbocycles. The van der Waals surface area contributed by atoms with E-state index in [1.165, 1.54) is 6.92 Å². The molecule has 1 amide bonds. The first-order chi connectivity index (χ1) is 19.8. The Labute approximate surface area is 244 Å². The summed E-state index contributed by atoms with van der Waals surface area (Å²) in [5, 5.41) is 2.71. The summed E-state index contributed by atoms with van der Waals surface area (Å²) in [4.78, 5) is 30.1. The molecule has 1 N–H and O–H groups in total. The van der Waals surface area contributed by atoms with Crippen molar-refractivity contribution in [3.8, 4) is 0 Å². The lowest BCUT2D eigenvalue weighted by Crippen LogP contribution is -2.53. The summed E-state index contributed by atoms with van der Waals surface area (Å²) in [5.74, 6) is -0.845. The number of halogens is 6. The molecule has 0 unspecified atom stereocenters. The Morgan fingerprint density at radius 3 is 2.00 bits per heavy atom. The molecule has 1 aliphatic rings. The summed E-state index contributed by atoms with van der Waals surface area (Å²) in [5.41, 5.74) is -5.80. The number of amides is 1. The van der Waals surface area contributed by atoms with Crippen LogP contribution in [0.2, 0.25) is 0 Å². The summed E-state index contributed by atoms with van der Waals surface area (Å²) in [7, 11) is 0.497. The zero-order valence-corrected chi connectivity index (χ0v) is 24.1. The van der Waals surface area contributed by atoms with Gasteiger partial charge in [0.2, 0.25) is 0 Å². The van der Waals surface area contributed by atoms with E-state index in [9.17, 15) is 35.9 Å². The summed E-state index contributed by atoms with van der Waals surface area (Å²) < 4.78 is 102. The van der Waals surface area contributed by atoms with Gasteiger partial charge < -0.3 is 29.1 Å². The molecule has 1 fully saturated rings. The molecule has 234 valence electrons. The lowest BCUT2D eigenvalue weighted by atomic mass is 9.84. The van der Waals surface area contributed by atoms with E-state index >= 15 is 0 Å². The molecule has 0 radical (unpaired) electrons. The van der Waals surface area contributed by atoms with Crippen molar-refractivity contribution in [3.63, 3.8) is 0 Å². The summed E-state index contributed by atoms with van der Waals surface area (Å²) >= 11 is 0. The molecule has 0 saturated carbocycles. The lowest BCUT2D eigenvalue weighted by Gasteiger charge is -2.37. The number of hydrogen-bond acceptors (Lipinski definition) is 7. The van der Waals surface area contributed by atoms with Crippen LogP contribution < -0.4 is 5.32 Å². The van der Waals surface area contributed by atoms with E-state index in [0.29, 0.717) is 17.7 Å². The van der Waals surface area contributed by atoms with E-state index in [4.69, 9.17) is 18.9 Å². The standard InChI is InChI=1S/C28H31BF6N2O6/c1-17(18-11-20(27(30,31)32)13-21(12-18)28(33,34)35)41-15-26(19-9-7-6-8-10-19,36-24(39)43-25(2,3)4)14-22(23(38)40-5)37-29-16-42-29/h6-13,17H,14-16H2,1-5H3,(H,36,39)/t17-,26-/m1/s1. The fraction of sp³-hybridized carbons (Fsp3) is 0.464. The molecule has 8 nitrogen and oxygen atoms in total. The number of methoxy groups -OCH3 is 1. The molecule has 0 spiro atoms. The zero-order valence-electron chi connectivity index (χ0n) is 24.1. The molecule has 2 aromatic rings. The van der Waals surface area contributed by atoms with E-state index in [1.54, 1.807) is 51.1 Å². The quantitative estimate of drug-likeness (QED) is 0.111. The maximum Gasteiger partial charge on any atom is 0.459 e. The van der Waals surface area contributed by atoms with Gasteiger partial charge in [0.15, 0.2) is 0 Å². The van der Waals surface area contributed by atoms with E-state index < -0.39 is 72.0 Å². The molecular formula is C28H31BF6N2O6. The first-order valence-corrected chi connectivity index (χ1v) is 13.1. The minimum absolute atomic E-state index is 0.0214. The second kappa shape index (κ2) is 13.0. The van der Waals surface area contributed by atoms with Gasteiger partial charge in [-0.05, 0) is 57.0 Å². The number of alkyl halides is 6. The fourth-order valence-corrected chi connectivity index (χ4v) is 4.09. The van der Waals surface area contributed by atoms with Crippen molar-refractivity contribution >= 4 is 24.8 Å². The number of carbonyl (C=O) groups is 2. The van der Waals surface area contributed by atoms with Crippen molar-refractivity contribution in [2.75, 3.05) is 20.2 Å². The Bertz CT molecular complexity index is 1290. The molecule has 2 atom stereocenters. The summed E-state index contributed by atoms with van der Waals surface area (Å²) in [6.07, 6.45) is -12.7. The number of ether oxygens (including phenoxy) is 3. The minimum atomic E-state index is -5.06. The highest BCUT2D eigenvalue weighted by molar-refractivity contribution is 6.62. The molecular weight excluding hydrogens is 585 g/mol. The first-order valence-electron chi connectivity index (χ1n) is 13.1. The zero-order chi connectivity index (χ0) is 32.2. The summed E-state index contributed by atoms with van der Waals surface area (Å²) in [6, 6.07) is 9.29. The molecule has 3 rings (SSSR count). The molecule has 43 heavy (non-hydrogen) atoms. The van der Waals surface area contributed by atoms with E-state index in [1.807, 2.05) is 0 Å². The number of benzene rings is 2. The van der Waals surface area contributed by atoms with E-state index in [-0.39, 0.29) is 24.7 Å². The van der Waals surface area contributed by atoms with Crippen LogP contribution in [0.25, 0.3) is 0 Å². The van der Waals surface area contributed by atoms with Crippen LogP contribution in [-0.4, -0.2) is 50.6 Å². The molecule has 2 aromatic carbocycles. The van der Waals surface area contributed by atoms with Crippen molar-refractivity contribution in [1.29, 1.82) is 0 Å². The molecule has 1 saturated heterocycles. The van der Waals surface area contributed by atoms with E-state index in [0.717, 1.165) is 7.11 Å². The highest BCUT2D eigenvalue weighted by Crippen LogP contribution is 2.38. The van der Waals surface area contributed by atoms with Crippen LogP contribution in [0.15, 0.2) is 53.4 Å². The second-order valence-corrected chi connectivity index (χ2v) is 10.9. The normalized spacial score (nSPS) is 16.3. The van der Waals surface area contributed by atoms with Gasteiger partial charge >= 0.3 is 31.5 Å². The third kappa shape index (κ3) is 9.71. The summed E-state index contributed by atoms with van der Waals surface area (Å²) in [6.45, 7) is 5.83. The maximum absolute atomic E-state index is 13.5. The van der Waals surface area contributed by atoms with Crippen molar-refractivity contribution in [2.24, 2.45) is 4.90 Å². The van der Waals surface area contributed by atoms with Crippen LogP contribution in [0.3, 0.4) is 0 Å². The van der Waals surface area contributed by atoms with Gasteiger partial charge in [-0.25, -0.2) is 9.59 Å². The van der Waals surface area contributed by atoms with Crippen molar-refractivity contribution in [1.82, 2.24) is 5.32 Å². The van der Waals surface area contributed by atoms with Crippen LogP contribution in [0.5, 0.6) is 0 Å². The molecule has 15 heteroatoms. The number of nitrogens with one attached hydrogen (secondary N) is 1. The van der Waals surface area contributed by atoms with Gasteiger partial charge in [-0.3, -0.25) is 0 Å². The third-order valence-electron chi connectivity index (χ3n) is 6.23. The van der Waals surface area contributed by atoms with Crippen LogP contribution in [-0.2, 0) is 41.6 Å². The highest BCUT2D eigenvalue weighted by atomic mass is 19.4. The van der Waals surface area contributed by atoms with Crippen molar-refractivity contribution in [3.05, 3.63) is 70.8 Å². The Kier molecular flexibility index (Phi) is 10.2. The predicted molar refractivity (Wildman–Crippen MR) is 144 cm³/mol. The van der Waals surface area contributed by atoms with Gasteiger partial charge in [0.1, 0.15) is 11.3 Å². The number of carbonyl (C=O) groups excluding carboxylic acids is 2. The largest absolute Gasteiger partial charge is 0.465 e. The number of esters is 1. The fourth-order valence-electron chi connectivity index (χ4n) is 4.09. The molecule has 0 bridgehead atoms. The van der Waals surface area contributed by atoms with Gasteiger partial charge in [-0.2, -0.15) is 26.3 Å². The van der Waals surface area contributed by atoms with Gasteiger partial charge in [-0.15, -0.1) is 0 Å². The second-order valence-electron chi connectivity index (χ2n) is 10.9.